The first-order valence-corrected chi connectivity index (χ1v) is 13.1. The molecule has 36 heavy (non-hydrogen) atoms. The van der Waals surface area contributed by atoms with Crippen LogP contribution < -0.4 is 0 Å². The van der Waals surface area contributed by atoms with Crippen molar-refractivity contribution in [2.45, 2.75) is 26.8 Å². The topological polar surface area (TPSA) is 56.4 Å². The normalized spacial score (nSPS) is 11.1. The standard InChI is InChI=1S/C30H32BrN3O2/c1-22(2)19-34(30(36)26-13-6-8-14-27(26)31)21-29(35)33(20-23-10-4-3-5-11-23)17-16-24-18-32-28-15-9-7-12-25(24)28/h3-15,18,22,32H,16-17,19-21H2,1-2H3. The molecule has 0 fully saturated rings. The van der Waals surface area contributed by atoms with Crippen molar-refractivity contribution in [1.29, 1.82) is 0 Å². The van der Waals surface area contributed by atoms with Gasteiger partial charge in [-0.25, -0.2) is 0 Å². The van der Waals surface area contributed by atoms with Crippen LogP contribution in [0, 0.1) is 5.92 Å². The van der Waals surface area contributed by atoms with Crippen molar-refractivity contribution in [2.24, 2.45) is 5.92 Å². The summed E-state index contributed by atoms with van der Waals surface area (Å²) < 4.78 is 0.733. The van der Waals surface area contributed by atoms with Gasteiger partial charge in [-0.1, -0.05) is 74.5 Å². The van der Waals surface area contributed by atoms with E-state index in [9.17, 15) is 9.59 Å². The van der Waals surface area contributed by atoms with Crippen molar-refractivity contribution < 1.29 is 9.59 Å². The number of carbonyl (C=O) groups is 2. The van der Waals surface area contributed by atoms with Crippen molar-refractivity contribution in [2.75, 3.05) is 19.6 Å². The largest absolute Gasteiger partial charge is 0.361 e. The van der Waals surface area contributed by atoms with Crippen molar-refractivity contribution in [1.82, 2.24) is 14.8 Å². The number of fused-ring (bicyclic) bond motifs is 1. The number of nitrogens with zero attached hydrogens (tertiary/aromatic N) is 2. The van der Waals surface area contributed by atoms with E-state index in [1.807, 2.05) is 71.8 Å². The molecule has 5 nitrogen and oxygen atoms in total. The van der Waals surface area contributed by atoms with E-state index >= 15 is 0 Å². The minimum absolute atomic E-state index is 0.0407. The number of para-hydroxylation sites is 1. The Hall–Kier alpha value is -3.38. The third kappa shape index (κ3) is 6.43. The first kappa shape index (κ1) is 25.7. The van der Waals surface area contributed by atoms with E-state index in [2.05, 4.69) is 46.9 Å². The molecule has 1 heterocycles. The maximum atomic E-state index is 13.7. The Morgan fingerprint density at radius 3 is 2.33 bits per heavy atom. The lowest BCUT2D eigenvalue weighted by Gasteiger charge is -2.29. The van der Waals surface area contributed by atoms with Gasteiger partial charge in [0, 0.05) is 41.2 Å². The molecule has 0 unspecified atom stereocenters. The molecule has 0 radical (unpaired) electrons. The van der Waals surface area contributed by atoms with Gasteiger partial charge in [0.2, 0.25) is 5.91 Å². The third-order valence-electron chi connectivity index (χ3n) is 6.20. The van der Waals surface area contributed by atoms with Crippen LogP contribution in [0.3, 0.4) is 0 Å². The molecule has 0 aliphatic carbocycles. The molecule has 3 aromatic carbocycles. The van der Waals surface area contributed by atoms with Crippen LogP contribution in [0.25, 0.3) is 10.9 Å². The van der Waals surface area contributed by atoms with Gasteiger partial charge in [-0.05, 0) is 57.6 Å². The summed E-state index contributed by atoms with van der Waals surface area (Å²) in [5, 5.41) is 1.18. The lowest BCUT2D eigenvalue weighted by Crippen LogP contribution is -2.44. The molecule has 0 aliphatic heterocycles. The van der Waals surface area contributed by atoms with Gasteiger partial charge in [-0.2, -0.15) is 0 Å². The Labute approximate surface area is 221 Å². The number of hydrogen-bond donors (Lipinski definition) is 1. The second-order valence-electron chi connectivity index (χ2n) is 9.47. The maximum absolute atomic E-state index is 13.7. The van der Waals surface area contributed by atoms with Crippen molar-refractivity contribution in [3.63, 3.8) is 0 Å². The summed E-state index contributed by atoms with van der Waals surface area (Å²) in [5.74, 6) is 0.0404. The van der Waals surface area contributed by atoms with E-state index in [0.29, 0.717) is 25.2 Å². The third-order valence-corrected chi connectivity index (χ3v) is 6.89. The number of aromatic nitrogens is 1. The predicted molar refractivity (Wildman–Crippen MR) is 149 cm³/mol. The van der Waals surface area contributed by atoms with Crippen LogP contribution in [-0.2, 0) is 17.8 Å². The van der Waals surface area contributed by atoms with Gasteiger partial charge in [0.05, 0.1) is 5.56 Å². The van der Waals surface area contributed by atoms with Crippen LogP contribution in [0.15, 0.2) is 89.5 Å². The van der Waals surface area contributed by atoms with E-state index in [-0.39, 0.29) is 24.3 Å². The molecule has 0 bridgehead atoms. The molecule has 186 valence electrons. The zero-order valence-electron chi connectivity index (χ0n) is 20.8. The number of aromatic amines is 1. The molecule has 0 aliphatic rings. The van der Waals surface area contributed by atoms with Crippen molar-refractivity contribution in [3.8, 4) is 0 Å². The molecule has 1 aromatic heterocycles. The molecule has 4 rings (SSSR count). The Morgan fingerprint density at radius 2 is 1.58 bits per heavy atom. The SMILES string of the molecule is CC(C)CN(CC(=O)N(CCc1c[nH]c2ccccc12)Cc1ccccc1)C(=O)c1ccccc1Br. The molecule has 0 saturated heterocycles. The summed E-state index contributed by atoms with van der Waals surface area (Å²) in [6, 6.07) is 25.6. The minimum Gasteiger partial charge on any atom is -0.361 e. The summed E-state index contributed by atoms with van der Waals surface area (Å²) in [6.07, 6.45) is 2.75. The number of halogens is 1. The van der Waals surface area contributed by atoms with Gasteiger partial charge in [0.25, 0.3) is 5.91 Å². The molecule has 2 amide bonds. The van der Waals surface area contributed by atoms with Gasteiger partial charge < -0.3 is 14.8 Å². The molecule has 6 heteroatoms. The number of H-pyrrole nitrogens is 1. The van der Waals surface area contributed by atoms with Crippen LogP contribution >= 0.6 is 15.9 Å². The Balaban J connectivity index is 1.55. The number of rotatable bonds is 10. The number of carbonyl (C=O) groups excluding carboxylic acids is 2. The number of amides is 2. The van der Waals surface area contributed by atoms with Crippen LogP contribution in [-0.4, -0.2) is 46.2 Å². The van der Waals surface area contributed by atoms with Crippen molar-refractivity contribution >= 4 is 38.6 Å². The average Bonchev–Trinajstić information content (AvgIpc) is 3.29. The first-order chi connectivity index (χ1) is 17.4. The molecule has 0 atom stereocenters. The Morgan fingerprint density at radius 1 is 0.889 bits per heavy atom. The molecular weight excluding hydrogens is 514 g/mol. The fraction of sp³-hybridized carbons (Fsp3) is 0.267. The minimum atomic E-state index is -0.138. The molecule has 1 N–H and O–H groups in total. The fourth-order valence-electron chi connectivity index (χ4n) is 4.42. The number of nitrogens with one attached hydrogen (secondary N) is 1. The van der Waals surface area contributed by atoms with Gasteiger partial charge in [0.1, 0.15) is 6.54 Å². The summed E-state index contributed by atoms with van der Waals surface area (Å²) in [7, 11) is 0. The van der Waals surface area contributed by atoms with E-state index in [1.54, 1.807) is 11.0 Å². The fourth-order valence-corrected chi connectivity index (χ4v) is 4.87. The van der Waals surface area contributed by atoms with Gasteiger partial charge >= 0.3 is 0 Å². The summed E-state index contributed by atoms with van der Waals surface area (Å²) in [5.41, 5.74) is 3.91. The molecule has 4 aromatic rings. The lowest BCUT2D eigenvalue weighted by atomic mass is 10.1. The zero-order chi connectivity index (χ0) is 25.5. The quantitative estimate of drug-likeness (QED) is 0.254. The lowest BCUT2D eigenvalue weighted by molar-refractivity contribution is -0.132. The highest BCUT2D eigenvalue weighted by molar-refractivity contribution is 9.10. The highest BCUT2D eigenvalue weighted by Crippen LogP contribution is 2.21. The van der Waals surface area contributed by atoms with Crippen molar-refractivity contribution in [3.05, 3.63) is 106 Å². The van der Waals surface area contributed by atoms with Crippen LogP contribution in [0.5, 0.6) is 0 Å². The maximum Gasteiger partial charge on any atom is 0.255 e. The van der Waals surface area contributed by atoms with Crippen LogP contribution in [0.2, 0.25) is 0 Å². The highest BCUT2D eigenvalue weighted by atomic mass is 79.9. The molecular formula is C30H32BrN3O2. The number of hydrogen-bond acceptors (Lipinski definition) is 2. The number of benzene rings is 3. The summed E-state index contributed by atoms with van der Waals surface area (Å²) >= 11 is 3.49. The van der Waals surface area contributed by atoms with E-state index in [4.69, 9.17) is 0 Å². The highest BCUT2D eigenvalue weighted by Gasteiger charge is 2.24. The smallest absolute Gasteiger partial charge is 0.255 e. The monoisotopic (exact) mass is 545 g/mol. The van der Waals surface area contributed by atoms with Gasteiger partial charge in [-0.3, -0.25) is 9.59 Å². The van der Waals surface area contributed by atoms with E-state index in [1.165, 1.54) is 10.9 Å². The first-order valence-electron chi connectivity index (χ1n) is 12.3. The average molecular weight is 547 g/mol. The summed E-state index contributed by atoms with van der Waals surface area (Å²) in [4.78, 5) is 34.0. The van der Waals surface area contributed by atoms with Gasteiger partial charge in [-0.15, -0.1) is 0 Å². The zero-order valence-corrected chi connectivity index (χ0v) is 22.4. The second kappa shape index (κ2) is 12.0. The van der Waals surface area contributed by atoms with Gasteiger partial charge in [0.15, 0.2) is 0 Å². The van der Waals surface area contributed by atoms with Crippen LogP contribution in [0.4, 0.5) is 0 Å². The Kier molecular flexibility index (Phi) is 8.60. The van der Waals surface area contributed by atoms with Crippen LogP contribution in [0.1, 0.15) is 35.3 Å². The van der Waals surface area contributed by atoms with E-state index in [0.717, 1.165) is 22.0 Å². The molecule has 0 spiro atoms. The summed E-state index contributed by atoms with van der Waals surface area (Å²) in [6.45, 7) is 5.73. The molecule has 0 saturated carbocycles. The van der Waals surface area contributed by atoms with E-state index < -0.39 is 0 Å². The second-order valence-corrected chi connectivity index (χ2v) is 10.3. The Bertz CT molecular complexity index is 1320. The predicted octanol–water partition coefficient (Wildman–Crippen LogP) is 6.30.